The normalized spacial score (nSPS) is 54.9. The topological polar surface area (TPSA) is 35.5 Å². The maximum absolute atomic E-state index is 11.1. The molecule has 0 bridgehead atoms. The van der Waals surface area contributed by atoms with Gasteiger partial charge >= 0.3 is 0 Å². The van der Waals surface area contributed by atoms with E-state index < -0.39 is 5.60 Å². The van der Waals surface area contributed by atoms with Crippen molar-refractivity contribution in [2.24, 2.45) is 28.6 Å². The molecular formula is C22H36N2O. The van der Waals surface area contributed by atoms with E-state index in [4.69, 9.17) is 0 Å². The minimum atomic E-state index is -0.456. The predicted octanol–water partition coefficient (Wildman–Crippen LogP) is 3.89. The smallest absolute Gasteiger partial charge is 0.0793 e. The van der Waals surface area contributed by atoms with Gasteiger partial charge in [-0.2, -0.15) is 0 Å². The highest BCUT2D eigenvalue weighted by Crippen LogP contribution is 2.67. The summed E-state index contributed by atoms with van der Waals surface area (Å²) in [7, 11) is 0. The Labute approximate surface area is 153 Å². The minimum absolute atomic E-state index is 0.139. The average molecular weight is 345 g/mol. The van der Waals surface area contributed by atoms with Gasteiger partial charge in [0.2, 0.25) is 0 Å². The predicted molar refractivity (Wildman–Crippen MR) is 101 cm³/mol. The molecule has 0 aromatic rings. The number of piperidine rings is 1. The van der Waals surface area contributed by atoms with Crippen molar-refractivity contribution in [2.75, 3.05) is 13.1 Å². The maximum atomic E-state index is 11.1. The summed E-state index contributed by atoms with van der Waals surface area (Å²) in [4.78, 5) is 2.72. The molecule has 3 aliphatic carbocycles. The number of fused-ring (bicyclic) bond motifs is 7. The van der Waals surface area contributed by atoms with E-state index in [1.807, 2.05) is 0 Å². The summed E-state index contributed by atoms with van der Waals surface area (Å²) < 4.78 is 0. The summed E-state index contributed by atoms with van der Waals surface area (Å²) in [5.74, 6) is 2.33. The van der Waals surface area contributed by atoms with E-state index in [2.05, 4.69) is 37.1 Å². The number of hydrogen-bond donors (Lipinski definition) is 2. The SMILES string of the molecule is C[C@@]12CC[C@H]3NCCCN3C1=CC[C@H]1[C@H]3CC[C@@](C)(O)[C@]3(C)CC[C@@H]12. The quantitative estimate of drug-likeness (QED) is 0.700. The molecular weight excluding hydrogens is 308 g/mol. The van der Waals surface area contributed by atoms with Gasteiger partial charge in [0, 0.05) is 17.7 Å². The molecule has 2 saturated carbocycles. The molecule has 0 radical (unpaired) electrons. The molecule has 140 valence electrons. The van der Waals surface area contributed by atoms with Gasteiger partial charge in [-0.25, -0.2) is 0 Å². The fraction of sp³-hybridized carbons (Fsp3) is 0.909. The van der Waals surface area contributed by atoms with Crippen molar-refractivity contribution in [2.45, 2.75) is 83.9 Å². The molecule has 0 amide bonds. The molecule has 0 spiro atoms. The van der Waals surface area contributed by atoms with Crippen LogP contribution >= 0.6 is 0 Å². The van der Waals surface area contributed by atoms with Crippen LogP contribution in [0, 0.1) is 28.6 Å². The number of rotatable bonds is 0. The van der Waals surface area contributed by atoms with Gasteiger partial charge in [-0.1, -0.05) is 19.9 Å². The first-order chi connectivity index (χ1) is 11.9. The van der Waals surface area contributed by atoms with Gasteiger partial charge in [0.15, 0.2) is 0 Å². The zero-order valence-electron chi connectivity index (χ0n) is 16.4. The molecule has 0 aromatic carbocycles. The van der Waals surface area contributed by atoms with Crippen molar-refractivity contribution >= 4 is 0 Å². The molecule has 25 heavy (non-hydrogen) atoms. The van der Waals surface area contributed by atoms with Crippen molar-refractivity contribution in [3.05, 3.63) is 11.8 Å². The third-order valence-electron chi connectivity index (χ3n) is 9.56. The van der Waals surface area contributed by atoms with E-state index in [0.29, 0.717) is 17.5 Å². The van der Waals surface area contributed by atoms with Gasteiger partial charge in [0.1, 0.15) is 0 Å². The van der Waals surface area contributed by atoms with E-state index >= 15 is 0 Å². The summed E-state index contributed by atoms with van der Waals surface area (Å²) >= 11 is 0. The summed E-state index contributed by atoms with van der Waals surface area (Å²) in [6.45, 7) is 9.52. The Morgan fingerprint density at radius 3 is 2.72 bits per heavy atom. The monoisotopic (exact) mass is 344 g/mol. The van der Waals surface area contributed by atoms with Crippen molar-refractivity contribution in [3.63, 3.8) is 0 Å². The molecule has 4 fully saturated rings. The molecule has 3 nitrogen and oxygen atoms in total. The van der Waals surface area contributed by atoms with Gasteiger partial charge in [0.25, 0.3) is 0 Å². The average Bonchev–Trinajstić information content (AvgIpc) is 2.84. The van der Waals surface area contributed by atoms with Crippen LogP contribution in [0.2, 0.25) is 0 Å². The molecule has 2 heterocycles. The van der Waals surface area contributed by atoms with Crippen LogP contribution in [0.5, 0.6) is 0 Å². The fourth-order valence-electron chi connectivity index (χ4n) is 7.85. The Kier molecular flexibility index (Phi) is 3.49. The largest absolute Gasteiger partial charge is 0.390 e. The summed E-state index contributed by atoms with van der Waals surface area (Å²) in [6.07, 6.45) is 13.1. The van der Waals surface area contributed by atoms with Crippen LogP contribution in [0.4, 0.5) is 0 Å². The first-order valence-electron chi connectivity index (χ1n) is 10.8. The lowest BCUT2D eigenvalue weighted by Gasteiger charge is -2.61. The zero-order chi connectivity index (χ0) is 17.4. The zero-order valence-corrected chi connectivity index (χ0v) is 16.4. The van der Waals surface area contributed by atoms with E-state index in [1.165, 1.54) is 58.0 Å². The van der Waals surface area contributed by atoms with Crippen LogP contribution in [-0.2, 0) is 0 Å². The highest BCUT2D eigenvalue weighted by Gasteiger charge is 2.62. The third kappa shape index (κ3) is 2.06. The molecule has 0 aromatic heterocycles. The number of nitrogens with zero attached hydrogens (tertiary/aromatic N) is 1. The van der Waals surface area contributed by atoms with Crippen molar-refractivity contribution in [1.82, 2.24) is 10.2 Å². The lowest BCUT2D eigenvalue weighted by molar-refractivity contribution is -0.120. The Bertz CT molecular complexity index is 599. The first-order valence-corrected chi connectivity index (χ1v) is 10.8. The summed E-state index contributed by atoms with van der Waals surface area (Å²) in [5.41, 5.74) is 1.72. The summed E-state index contributed by atoms with van der Waals surface area (Å²) in [6, 6.07) is 0. The van der Waals surface area contributed by atoms with Gasteiger partial charge in [-0.3, -0.25) is 5.32 Å². The fourth-order valence-corrected chi connectivity index (χ4v) is 7.85. The Morgan fingerprint density at radius 1 is 1.08 bits per heavy atom. The van der Waals surface area contributed by atoms with E-state index in [9.17, 15) is 5.11 Å². The molecule has 2 saturated heterocycles. The molecule has 7 atom stereocenters. The van der Waals surface area contributed by atoms with Gasteiger partial charge < -0.3 is 10.0 Å². The highest BCUT2D eigenvalue weighted by atomic mass is 16.3. The molecule has 3 heteroatoms. The van der Waals surface area contributed by atoms with Crippen molar-refractivity contribution in [3.8, 4) is 0 Å². The van der Waals surface area contributed by atoms with Crippen LogP contribution in [-0.4, -0.2) is 34.9 Å². The van der Waals surface area contributed by atoms with Gasteiger partial charge in [0.05, 0.1) is 11.8 Å². The van der Waals surface area contributed by atoms with Crippen molar-refractivity contribution < 1.29 is 5.11 Å². The minimum Gasteiger partial charge on any atom is -0.390 e. The third-order valence-corrected chi connectivity index (χ3v) is 9.56. The van der Waals surface area contributed by atoms with E-state index in [-0.39, 0.29) is 5.41 Å². The van der Waals surface area contributed by atoms with Crippen molar-refractivity contribution in [1.29, 1.82) is 0 Å². The number of nitrogens with one attached hydrogen (secondary N) is 1. The second-order valence-corrected chi connectivity index (χ2v) is 10.4. The van der Waals surface area contributed by atoms with Crippen LogP contribution in [0.15, 0.2) is 11.8 Å². The van der Waals surface area contributed by atoms with Crippen LogP contribution in [0.3, 0.4) is 0 Å². The van der Waals surface area contributed by atoms with Gasteiger partial charge in [-0.05, 0) is 88.0 Å². The number of aliphatic hydroxyl groups is 1. The lowest BCUT2D eigenvalue weighted by atomic mass is 9.48. The summed E-state index contributed by atoms with van der Waals surface area (Å²) in [5, 5.41) is 14.8. The molecule has 5 aliphatic rings. The standard InChI is InChI=1S/C22H36N2O/c1-20-10-9-19-23-13-4-14-24(19)18(20)6-5-15-16(20)7-11-21(2)17(15)8-12-22(21,3)25/h6,15-17,19,23,25H,4-5,7-14H2,1-3H3/t15-,16+,17-,19+,20+,21-,22-/m1/s1. The number of allylic oxidation sites excluding steroid dienone is 2. The molecule has 5 rings (SSSR count). The van der Waals surface area contributed by atoms with E-state index in [0.717, 1.165) is 18.3 Å². The number of hydrogen-bond acceptors (Lipinski definition) is 3. The highest BCUT2D eigenvalue weighted by molar-refractivity contribution is 5.25. The van der Waals surface area contributed by atoms with Crippen LogP contribution in [0.25, 0.3) is 0 Å². The Morgan fingerprint density at radius 2 is 1.88 bits per heavy atom. The molecule has 2 aliphatic heterocycles. The second-order valence-electron chi connectivity index (χ2n) is 10.4. The molecule has 2 N–H and O–H groups in total. The first kappa shape index (κ1) is 16.6. The van der Waals surface area contributed by atoms with Crippen LogP contribution in [0.1, 0.15) is 72.1 Å². The van der Waals surface area contributed by atoms with Gasteiger partial charge in [-0.15, -0.1) is 0 Å². The lowest BCUT2D eigenvalue weighted by Crippen LogP contribution is -2.61. The van der Waals surface area contributed by atoms with Crippen LogP contribution < -0.4 is 5.32 Å². The molecule has 0 unspecified atom stereocenters. The Balaban J connectivity index is 1.50. The second kappa shape index (κ2) is 5.25. The Hall–Kier alpha value is -0.540. The van der Waals surface area contributed by atoms with E-state index in [1.54, 1.807) is 5.70 Å². The maximum Gasteiger partial charge on any atom is 0.0793 e.